The molecule has 0 aliphatic rings. The van der Waals surface area contributed by atoms with Gasteiger partial charge >= 0.3 is 5.97 Å². The van der Waals surface area contributed by atoms with E-state index in [0.717, 1.165) is 0 Å². The molecule has 1 aromatic rings. The van der Waals surface area contributed by atoms with E-state index in [0.29, 0.717) is 5.56 Å². The SMILES string of the molecule is CC(C)[C@@](O)(CC(=O)O)c1ccc(F)cc1. The van der Waals surface area contributed by atoms with E-state index in [4.69, 9.17) is 5.11 Å². The van der Waals surface area contributed by atoms with Crippen molar-refractivity contribution in [3.63, 3.8) is 0 Å². The van der Waals surface area contributed by atoms with Crippen LogP contribution in [0, 0.1) is 11.7 Å². The first-order valence-electron chi connectivity index (χ1n) is 5.06. The molecule has 88 valence electrons. The molecule has 0 saturated carbocycles. The average molecular weight is 226 g/mol. The lowest BCUT2D eigenvalue weighted by Crippen LogP contribution is -2.34. The van der Waals surface area contributed by atoms with Crippen LogP contribution in [-0.2, 0) is 10.4 Å². The zero-order valence-electron chi connectivity index (χ0n) is 9.27. The molecule has 4 heteroatoms. The van der Waals surface area contributed by atoms with Gasteiger partial charge in [-0.3, -0.25) is 4.79 Å². The molecular formula is C12H15FO3. The number of aliphatic hydroxyl groups is 1. The van der Waals surface area contributed by atoms with Crippen LogP contribution in [-0.4, -0.2) is 16.2 Å². The topological polar surface area (TPSA) is 57.5 Å². The van der Waals surface area contributed by atoms with E-state index in [1.807, 2.05) is 0 Å². The third-order valence-electron chi connectivity index (χ3n) is 2.72. The van der Waals surface area contributed by atoms with Crippen molar-refractivity contribution in [2.24, 2.45) is 5.92 Å². The van der Waals surface area contributed by atoms with Crippen LogP contribution in [0.5, 0.6) is 0 Å². The first-order valence-corrected chi connectivity index (χ1v) is 5.06. The molecule has 0 bridgehead atoms. The Labute approximate surface area is 93.5 Å². The second-order valence-electron chi connectivity index (χ2n) is 4.16. The minimum atomic E-state index is -1.46. The van der Waals surface area contributed by atoms with E-state index in [2.05, 4.69) is 0 Å². The lowest BCUT2D eigenvalue weighted by atomic mass is 9.81. The maximum atomic E-state index is 12.7. The van der Waals surface area contributed by atoms with E-state index in [1.165, 1.54) is 24.3 Å². The van der Waals surface area contributed by atoms with Gasteiger partial charge in [0.2, 0.25) is 0 Å². The molecular weight excluding hydrogens is 211 g/mol. The smallest absolute Gasteiger partial charge is 0.306 e. The highest BCUT2D eigenvalue weighted by Gasteiger charge is 2.35. The van der Waals surface area contributed by atoms with Crippen molar-refractivity contribution in [2.45, 2.75) is 25.9 Å². The highest BCUT2D eigenvalue weighted by Crippen LogP contribution is 2.33. The van der Waals surface area contributed by atoms with Crippen molar-refractivity contribution in [3.05, 3.63) is 35.6 Å². The van der Waals surface area contributed by atoms with Gasteiger partial charge in [0, 0.05) is 0 Å². The van der Waals surface area contributed by atoms with Crippen LogP contribution in [0.15, 0.2) is 24.3 Å². The minimum absolute atomic E-state index is 0.269. The van der Waals surface area contributed by atoms with Crippen LogP contribution in [0.4, 0.5) is 4.39 Å². The molecule has 0 spiro atoms. The molecule has 16 heavy (non-hydrogen) atoms. The lowest BCUT2D eigenvalue weighted by Gasteiger charge is -2.31. The molecule has 1 rings (SSSR count). The predicted molar refractivity (Wildman–Crippen MR) is 57.4 cm³/mol. The molecule has 2 N–H and O–H groups in total. The summed E-state index contributed by atoms with van der Waals surface area (Å²) >= 11 is 0. The summed E-state index contributed by atoms with van der Waals surface area (Å²) in [4.78, 5) is 10.7. The predicted octanol–water partition coefficient (Wildman–Crippen LogP) is 2.14. The van der Waals surface area contributed by atoms with Crippen LogP contribution in [0.3, 0.4) is 0 Å². The second-order valence-corrected chi connectivity index (χ2v) is 4.16. The fourth-order valence-corrected chi connectivity index (χ4v) is 1.61. The molecule has 0 aliphatic carbocycles. The molecule has 1 atom stereocenters. The van der Waals surface area contributed by atoms with Crippen LogP contribution in [0.2, 0.25) is 0 Å². The van der Waals surface area contributed by atoms with Crippen molar-refractivity contribution in [1.82, 2.24) is 0 Å². The molecule has 3 nitrogen and oxygen atoms in total. The first kappa shape index (κ1) is 12.6. The number of halogens is 1. The number of aliphatic carboxylic acids is 1. The number of benzene rings is 1. The van der Waals surface area contributed by atoms with Gasteiger partial charge in [0.15, 0.2) is 0 Å². The van der Waals surface area contributed by atoms with Crippen LogP contribution >= 0.6 is 0 Å². The zero-order chi connectivity index (χ0) is 12.3. The maximum absolute atomic E-state index is 12.7. The highest BCUT2D eigenvalue weighted by molar-refractivity contribution is 5.68. The maximum Gasteiger partial charge on any atom is 0.306 e. The van der Waals surface area contributed by atoms with E-state index in [-0.39, 0.29) is 5.92 Å². The molecule has 0 fully saturated rings. The van der Waals surface area contributed by atoms with E-state index >= 15 is 0 Å². The second kappa shape index (κ2) is 4.61. The van der Waals surface area contributed by atoms with Gasteiger partial charge in [0.05, 0.1) is 6.42 Å². The Morgan fingerprint density at radius 1 is 1.38 bits per heavy atom. The third kappa shape index (κ3) is 2.58. The minimum Gasteiger partial charge on any atom is -0.481 e. The Morgan fingerprint density at radius 2 is 1.88 bits per heavy atom. The van der Waals surface area contributed by atoms with Gasteiger partial charge in [-0.1, -0.05) is 26.0 Å². The number of carbonyl (C=O) groups is 1. The van der Waals surface area contributed by atoms with Gasteiger partial charge in [0.1, 0.15) is 11.4 Å². The number of carboxylic acid groups (broad SMARTS) is 1. The molecule has 0 saturated heterocycles. The highest BCUT2D eigenvalue weighted by atomic mass is 19.1. The fourth-order valence-electron chi connectivity index (χ4n) is 1.61. The molecule has 0 aromatic heterocycles. The Hall–Kier alpha value is -1.42. The monoisotopic (exact) mass is 226 g/mol. The summed E-state index contributed by atoms with van der Waals surface area (Å²) in [5.74, 6) is -1.76. The summed E-state index contributed by atoms with van der Waals surface area (Å²) in [6.45, 7) is 3.46. The van der Waals surface area contributed by atoms with Crippen LogP contribution < -0.4 is 0 Å². The summed E-state index contributed by atoms with van der Waals surface area (Å²) in [5, 5.41) is 19.1. The third-order valence-corrected chi connectivity index (χ3v) is 2.72. The largest absolute Gasteiger partial charge is 0.481 e. The molecule has 1 aromatic carbocycles. The zero-order valence-corrected chi connectivity index (χ0v) is 9.27. The summed E-state index contributed by atoms with van der Waals surface area (Å²) in [6.07, 6.45) is -0.393. The van der Waals surface area contributed by atoms with Crippen molar-refractivity contribution in [2.75, 3.05) is 0 Å². The van der Waals surface area contributed by atoms with Crippen molar-refractivity contribution in [3.8, 4) is 0 Å². The van der Waals surface area contributed by atoms with Crippen molar-refractivity contribution < 1.29 is 19.4 Å². The van der Waals surface area contributed by atoms with Gasteiger partial charge in [-0.25, -0.2) is 4.39 Å². The number of carboxylic acids is 1. The van der Waals surface area contributed by atoms with Crippen LogP contribution in [0.25, 0.3) is 0 Å². The molecule has 0 aliphatic heterocycles. The number of rotatable bonds is 4. The summed E-state index contributed by atoms with van der Waals surface area (Å²) in [6, 6.07) is 5.26. The standard InChI is InChI=1S/C12H15FO3/c1-8(2)12(16,7-11(14)15)9-3-5-10(13)6-4-9/h3-6,8,16H,7H2,1-2H3,(H,14,15)/t12-/m0/s1. The lowest BCUT2D eigenvalue weighted by molar-refractivity contribution is -0.145. The summed E-state index contributed by atoms with van der Waals surface area (Å²) in [5.41, 5.74) is -1.04. The van der Waals surface area contributed by atoms with Crippen molar-refractivity contribution in [1.29, 1.82) is 0 Å². The number of hydrogen-bond acceptors (Lipinski definition) is 2. The Balaban J connectivity index is 3.10. The van der Waals surface area contributed by atoms with Gasteiger partial charge in [-0.2, -0.15) is 0 Å². The number of hydrogen-bond donors (Lipinski definition) is 2. The van der Waals surface area contributed by atoms with Gasteiger partial charge in [-0.15, -0.1) is 0 Å². The fraction of sp³-hybridized carbons (Fsp3) is 0.417. The van der Waals surface area contributed by atoms with E-state index < -0.39 is 23.8 Å². The molecule has 0 unspecified atom stereocenters. The summed E-state index contributed by atoms with van der Waals surface area (Å²) < 4.78 is 12.7. The molecule has 0 amide bonds. The Bertz CT molecular complexity index is 372. The van der Waals surface area contributed by atoms with Gasteiger partial charge in [0.25, 0.3) is 0 Å². The Kier molecular flexibility index (Phi) is 3.65. The van der Waals surface area contributed by atoms with E-state index in [9.17, 15) is 14.3 Å². The van der Waals surface area contributed by atoms with Crippen molar-refractivity contribution >= 4 is 5.97 Å². The first-order chi connectivity index (χ1) is 7.36. The quantitative estimate of drug-likeness (QED) is 0.827. The van der Waals surface area contributed by atoms with Crippen LogP contribution in [0.1, 0.15) is 25.8 Å². The van der Waals surface area contributed by atoms with E-state index in [1.54, 1.807) is 13.8 Å². The average Bonchev–Trinajstić information content (AvgIpc) is 2.17. The van der Waals surface area contributed by atoms with Gasteiger partial charge < -0.3 is 10.2 Å². The molecule has 0 radical (unpaired) electrons. The Morgan fingerprint density at radius 3 is 2.25 bits per heavy atom. The molecule has 0 heterocycles. The van der Waals surface area contributed by atoms with Gasteiger partial charge in [-0.05, 0) is 23.6 Å². The normalized spacial score (nSPS) is 14.8. The summed E-state index contributed by atoms with van der Waals surface area (Å²) in [7, 11) is 0.